The molecule has 0 saturated carbocycles. The summed E-state index contributed by atoms with van der Waals surface area (Å²) >= 11 is 15.5. The van der Waals surface area contributed by atoms with Crippen LogP contribution in [0.3, 0.4) is 0 Å². The molecule has 0 saturated heterocycles. The van der Waals surface area contributed by atoms with Gasteiger partial charge in [0.05, 0.1) is 5.52 Å². The minimum atomic E-state index is -0.940. The third-order valence-electron chi connectivity index (χ3n) is 5.17. The van der Waals surface area contributed by atoms with Crippen molar-refractivity contribution in [3.63, 3.8) is 0 Å². The predicted molar refractivity (Wildman–Crippen MR) is 143 cm³/mol. The lowest BCUT2D eigenvalue weighted by Crippen LogP contribution is -2.36. The first-order chi connectivity index (χ1) is 16.6. The monoisotopic (exact) mass is 572 g/mol. The predicted octanol–water partition coefficient (Wildman–Crippen LogP) is 6.29. The Bertz CT molecular complexity index is 1480. The Morgan fingerprint density at radius 3 is 2.23 bits per heavy atom. The molecular weight excluding hydrogens is 555 g/mol. The van der Waals surface area contributed by atoms with E-state index in [4.69, 9.17) is 23.2 Å². The molecule has 0 aliphatic heterocycles. The maximum atomic E-state index is 13.1. The van der Waals surface area contributed by atoms with E-state index in [1.807, 2.05) is 26.0 Å². The van der Waals surface area contributed by atoms with Crippen LogP contribution < -0.4 is 16.1 Å². The molecule has 0 aliphatic carbocycles. The van der Waals surface area contributed by atoms with E-state index in [1.165, 1.54) is 4.68 Å². The molecule has 3 aromatic carbocycles. The normalized spacial score (nSPS) is 10.8. The van der Waals surface area contributed by atoms with Crippen LogP contribution in [0.5, 0.6) is 0 Å². The molecule has 178 valence electrons. The van der Waals surface area contributed by atoms with E-state index in [9.17, 15) is 14.4 Å². The molecule has 0 spiro atoms. The molecular formula is C25H19BrCl2N4O3. The van der Waals surface area contributed by atoms with Crippen LogP contribution in [-0.4, -0.2) is 22.4 Å². The van der Waals surface area contributed by atoms with Crippen molar-refractivity contribution in [3.8, 4) is 0 Å². The number of aromatic nitrogens is 1. The van der Waals surface area contributed by atoms with Crippen molar-refractivity contribution < 1.29 is 14.4 Å². The number of carbonyl (C=O) groups is 3. The number of rotatable bonds is 4. The number of benzene rings is 3. The fourth-order valence-electron chi connectivity index (χ4n) is 3.58. The lowest BCUT2D eigenvalue weighted by Gasteiger charge is -2.14. The Kier molecular flexibility index (Phi) is 7.16. The molecule has 0 unspecified atom stereocenters. The number of nitrogens with zero attached hydrogens (tertiary/aromatic N) is 1. The lowest BCUT2D eigenvalue weighted by atomic mass is 10.1. The lowest BCUT2D eigenvalue weighted by molar-refractivity contribution is -0.133. The minimum Gasteiger partial charge on any atom is -0.321 e. The molecule has 4 aromatic rings. The molecule has 0 aliphatic rings. The van der Waals surface area contributed by atoms with Crippen LogP contribution in [0.4, 0.5) is 11.4 Å². The molecule has 3 amide bonds. The highest BCUT2D eigenvalue weighted by molar-refractivity contribution is 9.10. The van der Waals surface area contributed by atoms with E-state index in [2.05, 4.69) is 32.0 Å². The van der Waals surface area contributed by atoms with Gasteiger partial charge in [0.1, 0.15) is 5.69 Å². The highest BCUT2D eigenvalue weighted by Gasteiger charge is 2.22. The average Bonchev–Trinajstić information content (AvgIpc) is 3.12. The molecule has 7 nitrogen and oxygen atoms in total. The van der Waals surface area contributed by atoms with Crippen LogP contribution in [0.25, 0.3) is 10.9 Å². The van der Waals surface area contributed by atoms with Crippen LogP contribution in [0.2, 0.25) is 10.0 Å². The zero-order valence-corrected chi connectivity index (χ0v) is 21.7. The molecule has 1 heterocycles. The first kappa shape index (κ1) is 24.8. The second-order valence-corrected chi connectivity index (χ2v) is 9.68. The van der Waals surface area contributed by atoms with Crippen molar-refractivity contribution >= 4 is 79.1 Å². The molecule has 4 rings (SSSR count). The van der Waals surface area contributed by atoms with Gasteiger partial charge in [-0.25, -0.2) is 4.68 Å². The molecule has 1 aromatic heterocycles. The zero-order chi connectivity index (χ0) is 25.3. The van der Waals surface area contributed by atoms with Gasteiger partial charge in [0, 0.05) is 31.3 Å². The number of carbonyl (C=O) groups excluding carboxylic acids is 3. The van der Waals surface area contributed by atoms with E-state index in [1.54, 1.807) is 48.5 Å². The van der Waals surface area contributed by atoms with Gasteiger partial charge in [-0.3, -0.25) is 19.8 Å². The summed E-state index contributed by atoms with van der Waals surface area (Å²) in [7, 11) is 0. The molecule has 0 bridgehead atoms. The molecule has 10 heteroatoms. The number of anilines is 2. The molecule has 0 fully saturated rings. The molecule has 0 radical (unpaired) electrons. The second kappa shape index (κ2) is 10.1. The van der Waals surface area contributed by atoms with E-state index in [0.717, 1.165) is 15.6 Å². The summed E-state index contributed by atoms with van der Waals surface area (Å²) in [6.07, 6.45) is 0. The van der Waals surface area contributed by atoms with Gasteiger partial charge < -0.3 is 10.6 Å². The smallest absolute Gasteiger partial charge is 0.321 e. The van der Waals surface area contributed by atoms with E-state index in [0.29, 0.717) is 32.3 Å². The van der Waals surface area contributed by atoms with Gasteiger partial charge in [-0.2, -0.15) is 0 Å². The Balaban J connectivity index is 1.64. The first-order valence-corrected chi connectivity index (χ1v) is 11.9. The van der Waals surface area contributed by atoms with Crippen LogP contribution in [0.1, 0.15) is 21.6 Å². The minimum absolute atomic E-state index is 0.0989. The quantitative estimate of drug-likeness (QED) is 0.251. The van der Waals surface area contributed by atoms with Crippen molar-refractivity contribution in [1.82, 2.24) is 4.68 Å². The Morgan fingerprint density at radius 1 is 0.829 bits per heavy atom. The molecule has 35 heavy (non-hydrogen) atoms. The number of aryl methyl sites for hydroxylation is 2. The van der Waals surface area contributed by atoms with Crippen LogP contribution >= 0.6 is 39.1 Å². The number of nitrogens with one attached hydrogen (secondary N) is 3. The Hall–Kier alpha value is -3.33. The summed E-state index contributed by atoms with van der Waals surface area (Å²) < 4.78 is 2.06. The van der Waals surface area contributed by atoms with Crippen LogP contribution in [0, 0.1) is 13.8 Å². The molecule has 3 N–H and O–H groups in total. The Morgan fingerprint density at radius 2 is 1.54 bits per heavy atom. The fourth-order valence-corrected chi connectivity index (χ4v) is 4.48. The number of halogens is 3. The maximum Gasteiger partial charge on any atom is 0.328 e. The highest BCUT2D eigenvalue weighted by atomic mass is 79.9. The van der Waals surface area contributed by atoms with Gasteiger partial charge in [0.2, 0.25) is 0 Å². The number of hydrogen-bond acceptors (Lipinski definition) is 3. The Labute approximate surface area is 219 Å². The van der Waals surface area contributed by atoms with Gasteiger partial charge in [-0.1, -0.05) is 56.8 Å². The second-order valence-electron chi connectivity index (χ2n) is 7.89. The van der Waals surface area contributed by atoms with E-state index >= 15 is 0 Å². The summed E-state index contributed by atoms with van der Waals surface area (Å²) in [6, 6.07) is 17.0. The van der Waals surface area contributed by atoms with Crippen LogP contribution in [0.15, 0.2) is 65.1 Å². The summed E-state index contributed by atoms with van der Waals surface area (Å²) in [5, 5.41) is 6.71. The summed E-state index contributed by atoms with van der Waals surface area (Å²) in [5.74, 6) is -2.35. The average molecular weight is 574 g/mol. The van der Waals surface area contributed by atoms with Gasteiger partial charge in [-0.15, -0.1) is 0 Å². The fraction of sp³-hybridized carbons (Fsp3) is 0.0800. The summed E-state index contributed by atoms with van der Waals surface area (Å²) in [5.41, 5.74) is 5.91. The third kappa shape index (κ3) is 5.67. The first-order valence-electron chi connectivity index (χ1n) is 10.4. The number of hydrogen-bond donors (Lipinski definition) is 3. The van der Waals surface area contributed by atoms with Crippen molar-refractivity contribution in [2.45, 2.75) is 13.8 Å². The summed E-state index contributed by atoms with van der Waals surface area (Å²) in [6.45, 7) is 3.77. The van der Waals surface area contributed by atoms with Gasteiger partial charge in [-0.05, 0) is 67.9 Å². The summed E-state index contributed by atoms with van der Waals surface area (Å²) in [4.78, 5) is 38.6. The van der Waals surface area contributed by atoms with Crippen LogP contribution in [-0.2, 0) is 9.59 Å². The van der Waals surface area contributed by atoms with Crippen molar-refractivity contribution in [1.29, 1.82) is 0 Å². The zero-order valence-electron chi connectivity index (χ0n) is 18.6. The number of fused-ring (bicyclic) bond motifs is 1. The largest absolute Gasteiger partial charge is 0.328 e. The van der Waals surface area contributed by atoms with Crippen molar-refractivity contribution in [2.75, 3.05) is 16.1 Å². The van der Waals surface area contributed by atoms with E-state index < -0.39 is 17.7 Å². The maximum absolute atomic E-state index is 13.1. The van der Waals surface area contributed by atoms with Crippen molar-refractivity contribution in [2.24, 2.45) is 0 Å². The molecule has 0 atom stereocenters. The topological polar surface area (TPSA) is 92.2 Å². The van der Waals surface area contributed by atoms with Gasteiger partial charge in [0.25, 0.3) is 5.91 Å². The standard InChI is InChI=1S/C25H19BrCl2N4O3/c1-13-3-5-20(14(2)7-13)30-24(34)25(35)31-32-21-6-4-16(26)8-15(21)9-22(32)23(33)29-19-11-17(27)10-18(28)12-19/h3-12H,1-2H3,(H,29,33)(H,30,34)(H,31,35). The SMILES string of the molecule is Cc1ccc(NC(=O)C(=O)Nn2c(C(=O)Nc3cc(Cl)cc(Cl)c3)cc3cc(Br)ccc32)c(C)c1. The number of amides is 3. The highest BCUT2D eigenvalue weighted by Crippen LogP contribution is 2.26. The third-order valence-corrected chi connectivity index (χ3v) is 6.10. The van der Waals surface area contributed by atoms with Gasteiger partial charge in [0.15, 0.2) is 0 Å². The van der Waals surface area contributed by atoms with E-state index in [-0.39, 0.29) is 5.69 Å². The van der Waals surface area contributed by atoms with Gasteiger partial charge >= 0.3 is 11.8 Å². The van der Waals surface area contributed by atoms with Crippen molar-refractivity contribution in [3.05, 3.63) is 92.0 Å².